The summed E-state index contributed by atoms with van der Waals surface area (Å²) in [6.45, 7) is 11.8. The molecule has 2 N–H and O–H groups in total. The van der Waals surface area contributed by atoms with Crippen molar-refractivity contribution in [3.05, 3.63) is 34.9 Å². The number of benzene rings is 1. The van der Waals surface area contributed by atoms with E-state index in [4.69, 9.17) is 5.11 Å². The molecule has 1 rings (SSSR count). The smallest absolute Gasteiger partial charge is 0.0931 e. The van der Waals surface area contributed by atoms with Crippen molar-refractivity contribution in [1.82, 2.24) is 5.32 Å². The number of hydrogen-bond donors (Lipinski definition) is 2. The van der Waals surface area contributed by atoms with Crippen molar-refractivity contribution in [2.45, 2.75) is 46.0 Å². The monoisotopic (exact) mass is 235 g/mol. The first-order valence-corrected chi connectivity index (χ1v) is 6.31. The zero-order valence-electron chi connectivity index (χ0n) is 11.7. The predicted octanol–water partition coefficient (Wildman–Crippen LogP) is 2.94. The molecule has 0 aliphatic carbocycles. The number of aliphatic hydroxyl groups is 1. The highest BCUT2D eigenvalue weighted by atomic mass is 16.3. The SMILES string of the molecule is Cc1ccc(C(C)C)cc1C(C)(C)CNCO. The lowest BCUT2D eigenvalue weighted by Crippen LogP contribution is -2.34. The quantitative estimate of drug-likeness (QED) is 0.769. The van der Waals surface area contributed by atoms with E-state index in [2.05, 4.69) is 58.1 Å². The van der Waals surface area contributed by atoms with E-state index in [1.165, 1.54) is 16.7 Å². The third-order valence-electron chi connectivity index (χ3n) is 3.34. The molecule has 0 unspecified atom stereocenters. The number of rotatable bonds is 5. The number of aliphatic hydroxyl groups excluding tert-OH is 1. The van der Waals surface area contributed by atoms with Crippen LogP contribution in [0.4, 0.5) is 0 Å². The topological polar surface area (TPSA) is 32.3 Å². The minimum Gasteiger partial charge on any atom is -0.381 e. The van der Waals surface area contributed by atoms with Crippen LogP contribution >= 0.6 is 0 Å². The van der Waals surface area contributed by atoms with Gasteiger partial charge in [-0.1, -0.05) is 45.9 Å². The van der Waals surface area contributed by atoms with E-state index in [9.17, 15) is 0 Å². The van der Waals surface area contributed by atoms with Gasteiger partial charge in [-0.05, 0) is 29.5 Å². The molecule has 0 radical (unpaired) electrons. The Morgan fingerprint density at radius 3 is 2.47 bits per heavy atom. The Labute approximate surface area is 105 Å². The van der Waals surface area contributed by atoms with Gasteiger partial charge in [0, 0.05) is 12.0 Å². The number of hydrogen-bond acceptors (Lipinski definition) is 2. The molecule has 0 aliphatic rings. The third kappa shape index (κ3) is 3.55. The van der Waals surface area contributed by atoms with Gasteiger partial charge in [0.15, 0.2) is 0 Å². The second-order valence-electron chi connectivity index (χ2n) is 5.70. The molecular weight excluding hydrogens is 210 g/mol. The Bertz CT molecular complexity index is 369. The fourth-order valence-electron chi connectivity index (χ4n) is 2.19. The molecule has 0 heterocycles. The van der Waals surface area contributed by atoms with Gasteiger partial charge in [-0.25, -0.2) is 0 Å². The van der Waals surface area contributed by atoms with Gasteiger partial charge in [-0.3, -0.25) is 5.32 Å². The van der Waals surface area contributed by atoms with Gasteiger partial charge in [0.1, 0.15) is 0 Å². The van der Waals surface area contributed by atoms with E-state index >= 15 is 0 Å². The fourth-order valence-corrected chi connectivity index (χ4v) is 2.19. The van der Waals surface area contributed by atoms with Crippen LogP contribution in [-0.4, -0.2) is 18.4 Å². The fraction of sp³-hybridized carbons (Fsp3) is 0.600. The lowest BCUT2D eigenvalue weighted by atomic mass is 9.80. The van der Waals surface area contributed by atoms with Crippen LogP contribution in [0.25, 0.3) is 0 Å². The number of nitrogens with one attached hydrogen (secondary N) is 1. The van der Waals surface area contributed by atoms with Crippen LogP contribution in [0.2, 0.25) is 0 Å². The van der Waals surface area contributed by atoms with Crippen LogP contribution in [0, 0.1) is 6.92 Å². The molecular formula is C15H25NO. The largest absolute Gasteiger partial charge is 0.381 e. The number of aryl methyl sites for hydroxylation is 1. The van der Waals surface area contributed by atoms with Crippen LogP contribution < -0.4 is 5.32 Å². The van der Waals surface area contributed by atoms with E-state index in [0.717, 1.165) is 6.54 Å². The Balaban J connectivity index is 3.06. The summed E-state index contributed by atoms with van der Waals surface area (Å²) in [5, 5.41) is 11.9. The molecule has 0 saturated heterocycles. The third-order valence-corrected chi connectivity index (χ3v) is 3.34. The van der Waals surface area contributed by atoms with Gasteiger partial charge in [0.05, 0.1) is 6.73 Å². The van der Waals surface area contributed by atoms with Gasteiger partial charge in [0.25, 0.3) is 0 Å². The van der Waals surface area contributed by atoms with Gasteiger partial charge in [-0.15, -0.1) is 0 Å². The van der Waals surface area contributed by atoms with Crippen molar-refractivity contribution >= 4 is 0 Å². The summed E-state index contributed by atoms with van der Waals surface area (Å²) in [6, 6.07) is 6.71. The van der Waals surface area contributed by atoms with E-state index < -0.39 is 0 Å². The summed E-state index contributed by atoms with van der Waals surface area (Å²) >= 11 is 0. The molecule has 0 aliphatic heterocycles. The highest BCUT2D eigenvalue weighted by Gasteiger charge is 2.22. The summed E-state index contributed by atoms with van der Waals surface area (Å²) in [4.78, 5) is 0. The van der Waals surface area contributed by atoms with E-state index in [1.807, 2.05) is 0 Å². The average Bonchev–Trinajstić information content (AvgIpc) is 2.26. The Kier molecular flexibility index (Phi) is 4.72. The van der Waals surface area contributed by atoms with E-state index in [-0.39, 0.29) is 12.1 Å². The zero-order chi connectivity index (χ0) is 13.1. The van der Waals surface area contributed by atoms with Crippen molar-refractivity contribution in [3.63, 3.8) is 0 Å². The highest BCUT2D eigenvalue weighted by Crippen LogP contribution is 2.28. The van der Waals surface area contributed by atoms with Gasteiger partial charge in [-0.2, -0.15) is 0 Å². The molecule has 1 aromatic rings. The Hall–Kier alpha value is -0.860. The lowest BCUT2D eigenvalue weighted by Gasteiger charge is -2.28. The van der Waals surface area contributed by atoms with Gasteiger partial charge in [0.2, 0.25) is 0 Å². The molecule has 0 amide bonds. The highest BCUT2D eigenvalue weighted by molar-refractivity contribution is 5.37. The second kappa shape index (κ2) is 5.65. The van der Waals surface area contributed by atoms with Crippen LogP contribution in [-0.2, 0) is 5.41 Å². The maximum absolute atomic E-state index is 8.88. The lowest BCUT2D eigenvalue weighted by molar-refractivity contribution is 0.247. The van der Waals surface area contributed by atoms with E-state index in [0.29, 0.717) is 5.92 Å². The predicted molar refractivity (Wildman–Crippen MR) is 73.4 cm³/mol. The molecule has 0 aromatic heterocycles. The molecule has 2 nitrogen and oxygen atoms in total. The summed E-state index contributed by atoms with van der Waals surface area (Å²) in [5.74, 6) is 0.552. The molecule has 17 heavy (non-hydrogen) atoms. The Morgan fingerprint density at radius 2 is 1.94 bits per heavy atom. The standard InChI is InChI=1S/C15H25NO/c1-11(2)13-7-6-12(3)14(8-13)15(4,5)9-16-10-17/h6-8,11,16-17H,9-10H2,1-5H3. The van der Waals surface area contributed by atoms with Gasteiger partial charge >= 0.3 is 0 Å². The average molecular weight is 235 g/mol. The summed E-state index contributed by atoms with van der Waals surface area (Å²) in [6.07, 6.45) is 0. The van der Waals surface area contributed by atoms with Crippen LogP contribution in [0.15, 0.2) is 18.2 Å². The summed E-state index contributed by atoms with van der Waals surface area (Å²) in [5.41, 5.74) is 4.10. The summed E-state index contributed by atoms with van der Waals surface area (Å²) in [7, 11) is 0. The maximum atomic E-state index is 8.88. The molecule has 0 saturated carbocycles. The molecule has 96 valence electrons. The normalized spacial score (nSPS) is 12.2. The minimum atomic E-state index is 0.0341. The molecule has 1 aromatic carbocycles. The Morgan fingerprint density at radius 1 is 1.29 bits per heavy atom. The second-order valence-corrected chi connectivity index (χ2v) is 5.70. The maximum Gasteiger partial charge on any atom is 0.0931 e. The van der Waals surface area contributed by atoms with Crippen LogP contribution in [0.1, 0.15) is 50.3 Å². The van der Waals surface area contributed by atoms with E-state index in [1.54, 1.807) is 0 Å². The van der Waals surface area contributed by atoms with Gasteiger partial charge < -0.3 is 5.11 Å². The first kappa shape index (κ1) is 14.2. The van der Waals surface area contributed by atoms with Crippen LogP contribution in [0.3, 0.4) is 0 Å². The molecule has 0 atom stereocenters. The first-order valence-electron chi connectivity index (χ1n) is 6.31. The van der Waals surface area contributed by atoms with Crippen molar-refractivity contribution < 1.29 is 5.11 Å². The minimum absolute atomic E-state index is 0.0341. The molecule has 2 heteroatoms. The molecule has 0 bridgehead atoms. The molecule has 0 fully saturated rings. The summed E-state index contributed by atoms with van der Waals surface area (Å²) < 4.78 is 0. The van der Waals surface area contributed by atoms with Crippen molar-refractivity contribution in [3.8, 4) is 0 Å². The van der Waals surface area contributed by atoms with Crippen molar-refractivity contribution in [1.29, 1.82) is 0 Å². The van der Waals surface area contributed by atoms with Crippen molar-refractivity contribution in [2.75, 3.05) is 13.3 Å². The molecule has 0 spiro atoms. The first-order chi connectivity index (χ1) is 7.88. The van der Waals surface area contributed by atoms with Crippen molar-refractivity contribution in [2.24, 2.45) is 0 Å². The van der Waals surface area contributed by atoms with Crippen LogP contribution in [0.5, 0.6) is 0 Å². The zero-order valence-corrected chi connectivity index (χ0v) is 11.7.